The largest absolute Gasteiger partial charge is 0.455 e. The van der Waals surface area contributed by atoms with E-state index in [9.17, 15) is 32.1 Å². The molecular weight excluding hydrogens is 866 g/mol. The van der Waals surface area contributed by atoms with Gasteiger partial charge in [-0.25, -0.2) is 26.9 Å². The molecule has 3 aromatic carbocycles. The average Bonchev–Trinajstić information content (AvgIpc) is 3.73. The molecule has 5 aromatic rings. The highest BCUT2D eigenvalue weighted by Gasteiger charge is 2.32. The van der Waals surface area contributed by atoms with Crippen molar-refractivity contribution < 1.29 is 31.7 Å². The number of rotatable bonds is 16. The summed E-state index contributed by atoms with van der Waals surface area (Å²) in [5.74, 6) is -0.538. The van der Waals surface area contributed by atoms with E-state index in [1.807, 2.05) is 18.2 Å². The maximum atomic E-state index is 13.9. The number of aromatic amines is 1. The van der Waals surface area contributed by atoms with Gasteiger partial charge in [0.1, 0.15) is 35.7 Å². The molecule has 0 saturated carbocycles. The van der Waals surface area contributed by atoms with Crippen LogP contribution in [0.25, 0.3) is 16.6 Å². The first kappa shape index (κ1) is 45.0. The van der Waals surface area contributed by atoms with Crippen LogP contribution in [0, 0.1) is 21.4 Å². The average molecular weight is 917 g/mol. The van der Waals surface area contributed by atoms with E-state index in [1.165, 1.54) is 41.1 Å². The van der Waals surface area contributed by atoms with Crippen LogP contribution in [-0.2, 0) is 10.0 Å². The van der Waals surface area contributed by atoms with Gasteiger partial charge in [0, 0.05) is 99.2 Å². The van der Waals surface area contributed by atoms with Gasteiger partial charge in [-0.05, 0) is 84.3 Å². The number of hydrogen-bond donors (Lipinski definition) is 3. The van der Waals surface area contributed by atoms with Crippen molar-refractivity contribution in [1.29, 1.82) is 0 Å². The summed E-state index contributed by atoms with van der Waals surface area (Å²) in [7, 11) is -4.62. The number of halogens is 3. The van der Waals surface area contributed by atoms with Crippen molar-refractivity contribution in [3.8, 4) is 11.5 Å². The number of nitro groups is 1. The van der Waals surface area contributed by atoms with Gasteiger partial charge in [0.15, 0.2) is 0 Å². The van der Waals surface area contributed by atoms with Crippen LogP contribution in [0.15, 0.2) is 95.7 Å². The second-order valence-electron chi connectivity index (χ2n) is 17.6. The van der Waals surface area contributed by atoms with E-state index in [1.54, 1.807) is 29.3 Å². The van der Waals surface area contributed by atoms with E-state index in [-0.39, 0.29) is 34.9 Å². The number of nitro benzene ring substituents is 1. The molecule has 2 fully saturated rings. The van der Waals surface area contributed by atoms with Crippen LogP contribution in [0.3, 0.4) is 0 Å². The lowest BCUT2D eigenvalue weighted by molar-refractivity contribution is -0.384. The third-order valence-electron chi connectivity index (χ3n) is 12.3. The number of fused-ring (bicyclic) bond motifs is 1. The SMILES string of the molecule is CC1(C)CCC(CN2CCN(c3ccc(C(=O)NS(=O)(=O)c4ccc(NCC5CN(CC(F)CF)C5)c([N+](=O)[O-])c4)c(Oc4cnc5[nH]ccc5c4)c3)CC2)=C(c2ccc(Cl)cc2)C1. The highest BCUT2D eigenvalue weighted by atomic mass is 35.5. The maximum absolute atomic E-state index is 13.9. The molecule has 1 aliphatic carbocycles. The number of aromatic nitrogens is 2. The van der Waals surface area contributed by atoms with Crippen LogP contribution < -0.4 is 19.7 Å². The van der Waals surface area contributed by atoms with Crippen LogP contribution in [0.2, 0.25) is 5.02 Å². The zero-order chi connectivity index (χ0) is 45.2. The molecule has 338 valence electrons. The number of nitrogens with one attached hydrogen (secondary N) is 3. The lowest BCUT2D eigenvalue weighted by atomic mass is 9.72. The standard InChI is InChI=1S/C46H51ClF2N8O6S/c1-46(2)13-11-33(40(22-46)31-3-5-34(47)6-4-31)28-54-15-17-56(18-16-54)36-7-9-39(43(20-36)63-37-19-32-12-14-50-44(32)52-25-37)45(58)53-64(61,62)38-8-10-41(42(21-38)57(59)60)51-24-30-26-55(27-30)29-35(49)23-48/h3-10,12,14,19-21,25,30,35,51H,11,13,15-18,22-24,26-29H2,1-2H3,(H,50,52)(H,53,58). The fourth-order valence-electron chi connectivity index (χ4n) is 8.73. The topological polar surface area (TPSA) is 166 Å². The van der Waals surface area contributed by atoms with Crippen molar-refractivity contribution >= 4 is 61.2 Å². The third kappa shape index (κ3) is 10.5. The number of benzene rings is 3. The van der Waals surface area contributed by atoms with Gasteiger partial charge in [-0.2, -0.15) is 0 Å². The number of H-pyrrole nitrogens is 1. The van der Waals surface area contributed by atoms with E-state index >= 15 is 0 Å². The van der Waals surface area contributed by atoms with Crippen LogP contribution in [0.1, 0.15) is 49.0 Å². The summed E-state index contributed by atoms with van der Waals surface area (Å²) in [5, 5.41) is 16.6. The Morgan fingerprint density at radius 3 is 2.55 bits per heavy atom. The van der Waals surface area contributed by atoms with E-state index in [0.717, 1.165) is 56.0 Å². The van der Waals surface area contributed by atoms with E-state index in [4.69, 9.17) is 16.3 Å². The van der Waals surface area contributed by atoms with Gasteiger partial charge in [-0.3, -0.25) is 24.7 Å². The molecule has 2 aliphatic heterocycles. The second kappa shape index (κ2) is 18.8. The number of ether oxygens (including phenoxy) is 1. The lowest BCUT2D eigenvalue weighted by Gasteiger charge is -2.39. The van der Waals surface area contributed by atoms with E-state index in [0.29, 0.717) is 49.1 Å². The Kier molecular flexibility index (Phi) is 13.2. The smallest absolute Gasteiger partial charge is 0.293 e. The highest BCUT2D eigenvalue weighted by molar-refractivity contribution is 7.90. The Labute approximate surface area is 375 Å². The molecule has 3 aliphatic rings. The molecule has 14 nitrogen and oxygen atoms in total. The molecule has 0 radical (unpaired) electrons. The first-order chi connectivity index (χ1) is 30.6. The number of allylic oxidation sites excluding steroid dienone is 1. The Morgan fingerprint density at radius 2 is 1.81 bits per heavy atom. The summed E-state index contributed by atoms with van der Waals surface area (Å²) < 4.78 is 61.7. The predicted molar refractivity (Wildman–Crippen MR) is 244 cm³/mol. The van der Waals surface area contributed by atoms with Crippen LogP contribution in [0.4, 0.5) is 25.8 Å². The van der Waals surface area contributed by atoms with Gasteiger partial charge < -0.3 is 19.9 Å². The molecule has 18 heteroatoms. The minimum Gasteiger partial charge on any atom is -0.455 e. The van der Waals surface area contributed by atoms with Gasteiger partial charge in [0.05, 0.1) is 21.6 Å². The van der Waals surface area contributed by atoms with Crippen molar-refractivity contribution in [2.45, 2.75) is 44.2 Å². The molecule has 4 heterocycles. The minimum atomic E-state index is -4.62. The normalized spacial score (nSPS) is 17.9. The number of alkyl halides is 2. The molecule has 1 amide bonds. The number of likely N-dealkylation sites (tertiary alicyclic amines) is 1. The number of anilines is 2. The zero-order valence-corrected chi connectivity index (χ0v) is 37.2. The van der Waals surface area contributed by atoms with Gasteiger partial charge in [0.25, 0.3) is 21.6 Å². The number of carbonyl (C=O) groups is 1. The molecule has 1 unspecified atom stereocenters. The number of hydrogen-bond acceptors (Lipinski definition) is 11. The Bertz CT molecular complexity index is 2670. The van der Waals surface area contributed by atoms with Gasteiger partial charge in [0.2, 0.25) is 0 Å². The molecule has 0 bridgehead atoms. The van der Waals surface area contributed by atoms with Crippen LogP contribution in [0.5, 0.6) is 11.5 Å². The van der Waals surface area contributed by atoms with E-state index in [2.05, 4.69) is 55.8 Å². The Morgan fingerprint density at radius 1 is 1.05 bits per heavy atom. The van der Waals surface area contributed by atoms with E-state index < -0.39 is 44.3 Å². The fourth-order valence-corrected chi connectivity index (χ4v) is 9.85. The van der Waals surface area contributed by atoms with Crippen molar-refractivity contribution in [2.24, 2.45) is 11.3 Å². The third-order valence-corrected chi connectivity index (χ3v) is 13.9. The molecule has 8 rings (SSSR count). The first-order valence-corrected chi connectivity index (χ1v) is 23.2. The predicted octanol–water partition coefficient (Wildman–Crippen LogP) is 8.47. The number of sulfonamides is 1. The van der Waals surface area contributed by atoms with Crippen molar-refractivity contribution in [3.05, 3.63) is 117 Å². The van der Waals surface area contributed by atoms with Crippen LogP contribution >= 0.6 is 11.6 Å². The van der Waals surface area contributed by atoms with Crippen molar-refractivity contribution in [3.63, 3.8) is 0 Å². The Balaban J connectivity index is 0.977. The number of piperazine rings is 1. The summed E-state index contributed by atoms with van der Waals surface area (Å²) in [6.07, 6.45) is 4.83. The second-order valence-corrected chi connectivity index (χ2v) is 19.8. The fraction of sp³-hybridized carbons (Fsp3) is 0.391. The lowest BCUT2D eigenvalue weighted by Crippen LogP contribution is -2.51. The monoisotopic (exact) mass is 916 g/mol. The summed E-state index contributed by atoms with van der Waals surface area (Å²) in [6.45, 7) is 8.72. The molecule has 0 spiro atoms. The molecule has 3 N–H and O–H groups in total. The number of amides is 1. The minimum absolute atomic E-state index is 0.0209. The quantitative estimate of drug-likeness (QED) is 0.0642. The van der Waals surface area contributed by atoms with Gasteiger partial charge in [-0.15, -0.1) is 0 Å². The van der Waals surface area contributed by atoms with Gasteiger partial charge >= 0.3 is 0 Å². The Hall–Kier alpha value is -5.62. The summed E-state index contributed by atoms with van der Waals surface area (Å²) >= 11 is 6.23. The number of pyridine rings is 1. The molecule has 2 saturated heterocycles. The summed E-state index contributed by atoms with van der Waals surface area (Å²) in [5.41, 5.74) is 5.20. The maximum Gasteiger partial charge on any atom is 0.293 e. The molecule has 2 aromatic heterocycles. The van der Waals surface area contributed by atoms with Crippen molar-refractivity contribution in [2.75, 3.05) is 75.8 Å². The summed E-state index contributed by atoms with van der Waals surface area (Å²) in [4.78, 5) is 38.7. The zero-order valence-electron chi connectivity index (χ0n) is 35.7. The number of carbonyl (C=O) groups excluding carboxylic acids is 1. The van der Waals surface area contributed by atoms with Gasteiger partial charge in [-0.1, -0.05) is 43.2 Å². The van der Waals surface area contributed by atoms with Crippen LogP contribution in [-0.4, -0.2) is 111 Å². The summed E-state index contributed by atoms with van der Waals surface area (Å²) in [6, 6.07) is 20.0. The number of nitrogens with zero attached hydrogens (tertiary/aromatic N) is 5. The first-order valence-electron chi connectivity index (χ1n) is 21.3. The van der Waals surface area contributed by atoms with Crippen molar-refractivity contribution in [1.82, 2.24) is 24.5 Å². The molecular formula is C46H51ClF2N8O6S. The molecule has 1 atom stereocenters. The highest BCUT2D eigenvalue weighted by Crippen LogP contribution is 2.43. The molecule has 64 heavy (non-hydrogen) atoms.